The summed E-state index contributed by atoms with van der Waals surface area (Å²) < 4.78 is 32.1. The predicted octanol–water partition coefficient (Wildman–Crippen LogP) is 0.821. The van der Waals surface area contributed by atoms with Crippen LogP contribution in [0.2, 0.25) is 0 Å². The van der Waals surface area contributed by atoms with Gasteiger partial charge in [-0.3, -0.25) is 4.79 Å². The van der Waals surface area contributed by atoms with Gasteiger partial charge < -0.3 is 10.1 Å². The van der Waals surface area contributed by atoms with Crippen LogP contribution in [-0.4, -0.2) is 44.9 Å². The van der Waals surface area contributed by atoms with Gasteiger partial charge in [-0.15, -0.1) is 0 Å². The van der Waals surface area contributed by atoms with Crippen molar-refractivity contribution in [2.24, 2.45) is 0 Å². The van der Waals surface area contributed by atoms with E-state index in [9.17, 15) is 13.2 Å². The number of carbonyl (C=O) groups excluding carboxylic acids is 1. The number of piperazine rings is 1. The maximum Gasteiger partial charge on any atom is 0.244 e. The molecule has 1 aliphatic heterocycles. The SMILES string of the molecule is COc1cc(C)c(S(=O)(=O)N2CCNC(=O)C2C)cc1C. The van der Waals surface area contributed by atoms with Gasteiger partial charge in [0.2, 0.25) is 15.9 Å². The molecule has 1 aliphatic rings. The van der Waals surface area contributed by atoms with E-state index in [1.54, 1.807) is 40.0 Å². The lowest BCUT2D eigenvalue weighted by Gasteiger charge is -2.32. The monoisotopic (exact) mass is 312 g/mol. The minimum atomic E-state index is -3.71. The molecular formula is C14H20N2O4S. The predicted molar refractivity (Wildman–Crippen MR) is 78.8 cm³/mol. The Morgan fingerprint density at radius 2 is 1.95 bits per heavy atom. The van der Waals surface area contributed by atoms with Crippen molar-refractivity contribution in [2.45, 2.75) is 31.7 Å². The van der Waals surface area contributed by atoms with Gasteiger partial charge >= 0.3 is 0 Å². The van der Waals surface area contributed by atoms with Gasteiger partial charge in [0.15, 0.2) is 0 Å². The van der Waals surface area contributed by atoms with Crippen molar-refractivity contribution in [3.63, 3.8) is 0 Å². The zero-order chi connectivity index (χ0) is 15.8. The number of amides is 1. The highest BCUT2D eigenvalue weighted by atomic mass is 32.2. The van der Waals surface area contributed by atoms with Crippen LogP contribution in [0.1, 0.15) is 18.1 Å². The maximum absolute atomic E-state index is 12.8. The molecule has 1 aromatic carbocycles. The Bertz CT molecular complexity index is 670. The van der Waals surface area contributed by atoms with Crippen molar-refractivity contribution in [1.82, 2.24) is 9.62 Å². The molecule has 116 valence electrons. The van der Waals surface area contributed by atoms with Gasteiger partial charge in [0.25, 0.3) is 0 Å². The number of nitrogens with zero attached hydrogens (tertiary/aromatic N) is 1. The molecule has 0 spiro atoms. The molecule has 0 aliphatic carbocycles. The van der Waals surface area contributed by atoms with Crippen molar-refractivity contribution in [3.05, 3.63) is 23.3 Å². The molecule has 6 nitrogen and oxygen atoms in total. The fourth-order valence-corrected chi connectivity index (χ4v) is 4.36. The highest BCUT2D eigenvalue weighted by Gasteiger charge is 2.36. The molecule has 1 aromatic rings. The smallest absolute Gasteiger partial charge is 0.244 e. The van der Waals surface area contributed by atoms with Gasteiger partial charge in [-0.25, -0.2) is 8.42 Å². The van der Waals surface area contributed by atoms with Crippen LogP contribution >= 0.6 is 0 Å². The van der Waals surface area contributed by atoms with Crippen molar-refractivity contribution in [2.75, 3.05) is 20.2 Å². The van der Waals surface area contributed by atoms with E-state index in [-0.39, 0.29) is 17.3 Å². The molecule has 0 aromatic heterocycles. The molecule has 1 amide bonds. The minimum Gasteiger partial charge on any atom is -0.496 e. The van der Waals surface area contributed by atoms with E-state index in [0.29, 0.717) is 17.9 Å². The summed E-state index contributed by atoms with van der Waals surface area (Å²) >= 11 is 0. The Morgan fingerprint density at radius 1 is 1.29 bits per heavy atom. The number of hydrogen-bond acceptors (Lipinski definition) is 4. The lowest BCUT2D eigenvalue weighted by molar-refractivity contribution is -0.126. The number of nitrogens with one attached hydrogen (secondary N) is 1. The Labute approximate surface area is 125 Å². The summed E-state index contributed by atoms with van der Waals surface area (Å²) in [5, 5.41) is 2.66. The molecule has 1 saturated heterocycles. The summed E-state index contributed by atoms with van der Waals surface area (Å²) in [6.45, 7) is 5.72. The summed E-state index contributed by atoms with van der Waals surface area (Å²) in [5.74, 6) is 0.378. The van der Waals surface area contributed by atoms with Crippen LogP contribution in [0.5, 0.6) is 5.75 Å². The number of ether oxygens (including phenoxy) is 1. The van der Waals surface area contributed by atoms with Crippen LogP contribution in [0.4, 0.5) is 0 Å². The van der Waals surface area contributed by atoms with Gasteiger partial charge in [-0.1, -0.05) is 0 Å². The van der Waals surface area contributed by atoms with Gasteiger partial charge in [0.05, 0.1) is 12.0 Å². The third kappa shape index (κ3) is 2.75. The fraction of sp³-hybridized carbons (Fsp3) is 0.500. The van der Waals surface area contributed by atoms with E-state index < -0.39 is 16.1 Å². The van der Waals surface area contributed by atoms with E-state index in [2.05, 4.69) is 5.32 Å². The van der Waals surface area contributed by atoms with Crippen LogP contribution in [0.25, 0.3) is 0 Å². The maximum atomic E-state index is 12.8. The van der Waals surface area contributed by atoms with Crippen LogP contribution in [0, 0.1) is 13.8 Å². The summed E-state index contributed by atoms with van der Waals surface area (Å²) in [6, 6.07) is 2.60. The van der Waals surface area contributed by atoms with E-state index in [1.165, 1.54) is 4.31 Å². The van der Waals surface area contributed by atoms with Crippen LogP contribution < -0.4 is 10.1 Å². The third-order valence-corrected chi connectivity index (χ3v) is 5.83. The van der Waals surface area contributed by atoms with Gasteiger partial charge in [-0.05, 0) is 44.0 Å². The largest absolute Gasteiger partial charge is 0.496 e. The molecular weight excluding hydrogens is 292 g/mol. The average molecular weight is 312 g/mol. The molecule has 0 bridgehead atoms. The van der Waals surface area contributed by atoms with Crippen LogP contribution in [-0.2, 0) is 14.8 Å². The second kappa shape index (κ2) is 5.65. The highest BCUT2D eigenvalue weighted by Crippen LogP contribution is 2.28. The summed E-state index contributed by atoms with van der Waals surface area (Å²) in [6.07, 6.45) is 0. The first-order chi connectivity index (χ1) is 9.78. The highest BCUT2D eigenvalue weighted by molar-refractivity contribution is 7.89. The van der Waals surface area contributed by atoms with E-state index in [4.69, 9.17) is 4.74 Å². The van der Waals surface area contributed by atoms with E-state index in [1.807, 2.05) is 0 Å². The van der Waals surface area contributed by atoms with Crippen molar-refractivity contribution in [1.29, 1.82) is 0 Å². The lowest BCUT2D eigenvalue weighted by atomic mass is 10.1. The average Bonchev–Trinajstić information content (AvgIpc) is 2.43. The number of sulfonamides is 1. The molecule has 1 heterocycles. The number of aryl methyl sites for hydroxylation is 2. The standard InChI is InChI=1S/C14H20N2O4S/c1-9-8-13(10(2)7-12(9)20-4)21(18,19)16-6-5-15-14(17)11(16)3/h7-8,11H,5-6H2,1-4H3,(H,15,17). The molecule has 1 unspecified atom stereocenters. The summed E-state index contributed by atoms with van der Waals surface area (Å²) in [7, 11) is -2.16. The third-order valence-electron chi connectivity index (χ3n) is 3.72. The number of benzene rings is 1. The van der Waals surface area contributed by atoms with E-state index in [0.717, 1.165) is 5.56 Å². The summed E-state index contributed by atoms with van der Waals surface area (Å²) in [4.78, 5) is 11.9. The van der Waals surface area contributed by atoms with Crippen molar-refractivity contribution in [3.8, 4) is 5.75 Å². The van der Waals surface area contributed by atoms with Gasteiger partial charge in [0.1, 0.15) is 11.8 Å². The van der Waals surface area contributed by atoms with Gasteiger partial charge in [-0.2, -0.15) is 4.31 Å². The lowest BCUT2D eigenvalue weighted by Crippen LogP contribution is -2.55. The quantitative estimate of drug-likeness (QED) is 0.896. The zero-order valence-electron chi connectivity index (χ0n) is 12.6. The number of methoxy groups -OCH3 is 1. The Kier molecular flexibility index (Phi) is 4.25. The fourth-order valence-electron chi connectivity index (χ4n) is 2.48. The van der Waals surface area contributed by atoms with Gasteiger partial charge in [0, 0.05) is 13.1 Å². The molecule has 1 fully saturated rings. The molecule has 0 saturated carbocycles. The first-order valence-corrected chi connectivity index (χ1v) is 8.18. The first-order valence-electron chi connectivity index (χ1n) is 6.74. The number of carbonyl (C=O) groups is 1. The molecule has 21 heavy (non-hydrogen) atoms. The first kappa shape index (κ1) is 15.8. The number of rotatable bonds is 3. The Balaban J connectivity index is 2.49. The number of hydrogen-bond donors (Lipinski definition) is 1. The van der Waals surface area contributed by atoms with Crippen molar-refractivity contribution < 1.29 is 17.9 Å². The topological polar surface area (TPSA) is 75.7 Å². The van der Waals surface area contributed by atoms with E-state index >= 15 is 0 Å². The Hall–Kier alpha value is -1.60. The molecule has 1 atom stereocenters. The molecule has 2 rings (SSSR count). The van der Waals surface area contributed by atoms with Crippen LogP contribution in [0.3, 0.4) is 0 Å². The van der Waals surface area contributed by atoms with Crippen LogP contribution in [0.15, 0.2) is 17.0 Å². The summed E-state index contributed by atoms with van der Waals surface area (Å²) in [5.41, 5.74) is 1.35. The second-order valence-electron chi connectivity index (χ2n) is 5.17. The molecule has 0 radical (unpaired) electrons. The second-order valence-corrected chi connectivity index (χ2v) is 7.03. The molecule has 1 N–H and O–H groups in total. The van der Waals surface area contributed by atoms with Crippen molar-refractivity contribution >= 4 is 15.9 Å². The zero-order valence-corrected chi connectivity index (χ0v) is 13.5. The Morgan fingerprint density at radius 3 is 2.57 bits per heavy atom. The molecule has 7 heteroatoms. The normalized spacial score (nSPS) is 20.2. The minimum absolute atomic E-state index is 0.224.